The summed E-state index contributed by atoms with van der Waals surface area (Å²) in [5.74, 6) is -0.240. The van der Waals surface area contributed by atoms with E-state index in [1.807, 2.05) is 24.3 Å². The fraction of sp³-hybridized carbons (Fsp3) is 0.0625. The summed E-state index contributed by atoms with van der Waals surface area (Å²) >= 11 is 0. The van der Waals surface area contributed by atoms with Crippen LogP contribution in [0.5, 0.6) is 11.5 Å². The molecule has 2 N–H and O–H groups in total. The lowest BCUT2D eigenvalue weighted by Gasteiger charge is -1.99. The molecule has 0 aliphatic carbocycles. The Balaban J connectivity index is 2.17. The van der Waals surface area contributed by atoms with Crippen molar-refractivity contribution in [2.45, 2.75) is 6.92 Å². The average Bonchev–Trinajstić information content (AvgIpc) is 2.40. The molecule has 0 aromatic heterocycles. The summed E-state index contributed by atoms with van der Waals surface area (Å²) in [4.78, 5) is 11.1. The predicted octanol–water partition coefficient (Wildman–Crippen LogP) is 3.47. The van der Waals surface area contributed by atoms with Crippen molar-refractivity contribution in [2.75, 3.05) is 0 Å². The molecule has 0 spiro atoms. The highest BCUT2D eigenvalue weighted by atomic mass is 16.3. The molecule has 0 fully saturated rings. The van der Waals surface area contributed by atoms with Crippen LogP contribution >= 0.6 is 0 Å². The van der Waals surface area contributed by atoms with Gasteiger partial charge in [-0.15, -0.1) is 0 Å². The molecule has 0 atom stereocenters. The first kappa shape index (κ1) is 12.9. The van der Waals surface area contributed by atoms with Gasteiger partial charge >= 0.3 is 0 Å². The van der Waals surface area contributed by atoms with Crippen LogP contribution in [0, 0.1) is 0 Å². The second kappa shape index (κ2) is 5.40. The number of hydrogen-bond donors (Lipinski definition) is 2. The number of rotatable bonds is 3. The molecule has 3 heteroatoms. The van der Waals surface area contributed by atoms with E-state index in [-0.39, 0.29) is 17.3 Å². The Morgan fingerprint density at radius 3 is 2.05 bits per heavy atom. The summed E-state index contributed by atoms with van der Waals surface area (Å²) < 4.78 is 0. The predicted molar refractivity (Wildman–Crippen MR) is 75.1 cm³/mol. The number of hydrogen-bond acceptors (Lipinski definition) is 3. The van der Waals surface area contributed by atoms with Crippen LogP contribution in [0.15, 0.2) is 42.5 Å². The van der Waals surface area contributed by atoms with E-state index in [0.29, 0.717) is 5.56 Å². The molecule has 96 valence electrons. The molecule has 0 saturated heterocycles. The smallest absolute Gasteiger partial charge is 0.159 e. The van der Waals surface area contributed by atoms with E-state index in [2.05, 4.69) is 0 Å². The molecule has 0 radical (unpaired) electrons. The van der Waals surface area contributed by atoms with Crippen LogP contribution in [0.3, 0.4) is 0 Å². The Labute approximate surface area is 111 Å². The standard InChI is InChI=1S/C16H14O3/c1-11(17)14-7-4-12(5-8-14)2-3-13-6-9-15(18)16(19)10-13/h2-10,18-19H,1H3. The number of Topliss-reactive ketones (excluding diaryl/α,β-unsaturated/α-hetero) is 1. The SMILES string of the molecule is CC(=O)c1ccc(C=Cc2ccc(O)c(O)c2)cc1. The second-order valence-electron chi connectivity index (χ2n) is 4.26. The first-order valence-electron chi connectivity index (χ1n) is 5.87. The Bertz CT molecular complexity index is 625. The number of ketones is 1. The highest BCUT2D eigenvalue weighted by molar-refractivity contribution is 5.94. The monoisotopic (exact) mass is 254 g/mol. The molecule has 0 aliphatic rings. The number of phenolic OH excluding ortho intramolecular Hbond substituents is 2. The van der Waals surface area contributed by atoms with Crippen molar-refractivity contribution in [1.29, 1.82) is 0 Å². The molecule has 2 aromatic rings. The quantitative estimate of drug-likeness (QED) is 0.501. The van der Waals surface area contributed by atoms with Gasteiger partial charge in [-0.05, 0) is 30.2 Å². The number of carbonyl (C=O) groups is 1. The molecule has 0 amide bonds. The van der Waals surface area contributed by atoms with Crippen LogP contribution in [-0.2, 0) is 0 Å². The van der Waals surface area contributed by atoms with E-state index in [4.69, 9.17) is 0 Å². The highest BCUT2D eigenvalue weighted by Gasteiger charge is 1.99. The van der Waals surface area contributed by atoms with Crippen molar-refractivity contribution in [3.63, 3.8) is 0 Å². The van der Waals surface area contributed by atoms with E-state index in [0.717, 1.165) is 11.1 Å². The molecular weight excluding hydrogens is 240 g/mol. The molecule has 19 heavy (non-hydrogen) atoms. The fourth-order valence-corrected chi connectivity index (χ4v) is 1.67. The van der Waals surface area contributed by atoms with Crippen LogP contribution in [-0.4, -0.2) is 16.0 Å². The first-order valence-corrected chi connectivity index (χ1v) is 5.87. The Kier molecular flexibility index (Phi) is 3.66. The Morgan fingerprint density at radius 2 is 1.47 bits per heavy atom. The summed E-state index contributed by atoms with van der Waals surface area (Å²) in [6, 6.07) is 11.9. The molecule has 0 heterocycles. The minimum atomic E-state index is -0.144. The van der Waals surface area contributed by atoms with Crippen molar-refractivity contribution >= 4 is 17.9 Å². The molecule has 2 aromatic carbocycles. The van der Waals surface area contributed by atoms with Crippen LogP contribution in [0.2, 0.25) is 0 Å². The maximum absolute atomic E-state index is 11.1. The molecule has 2 rings (SSSR count). The maximum Gasteiger partial charge on any atom is 0.159 e. The summed E-state index contributed by atoms with van der Waals surface area (Å²) in [5, 5.41) is 18.6. The van der Waals surface area contributed by atoms with Crippen molar-refractivity contribution in [3.05, 3.63) is 59.2 Å². The van der Waals surface area contributed by atoms with Gasteiger partial charge in [0.15, 0.2) is 17.3 Å². The van der Waals surface area contributed by atoms with Crippen molar-refractivity contribution in [3.8, 4) is 11.5 Å². The van der Waals surface area contributed by atoms with Crippen molar-refractivity contribution in [2.24, 2.45) is 0 Å². The van der Waals surface area contributed by atoms with Gasteiger partial charge in [0.25, 0.3) is 0 Å². The normalized spacial score (nSPS) is 10.8. The van der Waals surface area contributed by atoms with E-state index < -0.39 is 0 Å². The summed E-state index contributed by atoms with van der Waals surface area (Å²) in [6.07, 6.45) is 3.69. The first-order chi connectivity index (χ1) is 9.06. The summed E-state index contributed by atoms with van der Waals surface area (Å²) in [5.41, 5.74) is 2.42. The van der Waals surface area contributed by atoms with E-state index in [1.54, 1.807) is 18.2 Å². The van der Waals surface area contributed by atoms with Crippen LogP contribution in [0.4, 0.5) is 0 Å². The largest absolute Gasteiger partial charge is 0.504 e. The van der Waals surface area contributed by atoms with Gasteiger partial charge in [0, 0.05) is 5.56 Å². The van der Waals surface area contributed by atoms with Gasteiger partial charge in [0.05, 0.1) is 0 Å². The zero-order valence-corrected chi connectivity index (χ0v) is 10.5. The Hall–Kier alpha value is -2.55. The van der Waals surface area contributed by atoms with Gasteiger partial charge in [0.1, 0.15) is 0 Å². The fourth-order valence-electron chi connectivity index (χ4n) is 1.67. The molecule has 3 nitrogen and oxygen atoms in total. The van der Waals surface area contributed by atoms with Gasteiger partial charge in [-0.25, -0.2) is 0 Å². The maximum atomic E-state index is 11.1. The lowest BCUT2D eigenvalue weighted by Crippen LogP contribution is -1.90. The van der Waals surface area contributed by atoms with Gasteiger partial charge in [-0.2, -0.15) is 0 Å². The van der Waals surface area contributed by atoms with Gasteiger partial charge in [-0.3, -0.25) is 4.79 Å². The topological polar surface area (TPSA) is 57.5 Å². The van der Waals surface area contributed by atoms with E-state index in [9.17, 15) is 15.0 Å². The lowest BCUT2D eigenvalue weighted by molar-refractivity contribution is 0.101. The van der Waals surface area contributed by atoms with Crippen LogP contribution in [0.1, 0.15) is 28.4 Å². The number of carbonyl (C=O) groups excluding carboxylic acids is 1. The third-order valence-electron chi connectivity index (χ3n) is 2.78. The molecular formula is C16H14O3. The third-order valence-corrected chi connectivity index (χ3v) is 2.78. The van der Waals surface area contributed by atoms with Gasteiger partial charge in [-0.1, -0.05) is 42.5 Å². The molecule has 0 unspecified atom stereocenters. The molecule has 0 saturated carbocycles. The van der Waals surface area contributed by atoms with Gasteiger partial charge in [0.2, 0.25) is 0 Å². The minimum absolute atomic E-state index is 0.0407. The minimum Gasteiger partial charge on any atom is -0.504 e. The molecule has 0 aliphatic heterocycles. The van der Waals surface area contributed by atoms with Gasteiger partial charge < -0.3 is 10.2 Å². The second-order valence-corrected chi connectivity index (χ2v) is 4.26. The van der Waals surface area contributed by atoms with E-state index >= 15 is 0 Å². The number of aromatic hydroxyl groups is 2. The van der Waals surface area contributed by atoms with Crippen molar-refractivity contribution in [1.82, 2.24) is 0 Å². The third kappa shape index (κ3) is 3.22. The summed E-state index contributed by atoms with van der Waals surface area (Å²) in [6.45, 7) is 1.53. The molecule has 0 bridgehead atoms. The van der Waals surface area contributed by atoms with Crippen molar-refractivity contribution < 1.29 is 15.0 Å². The number of benzene rings is 2. The van der Waals surface area contributed by atoms with Crippen LogP contribution < -0.4 is 0 Å². The lowest BCUT2D eigenvalue weighted by atomic mass is 10.1. The zero-order chi connectivity index (χ0) is 13.8. The Morgan fingerprint density at radius 1 is 0.895 bits per heavy atom. The van der Waals surface area contributed by atoms with E-state index in [1.165, 1.54) is 19.1 Å². The number of phenols is 2. The van der Waals surface area contributed by atoms with Crippen LogP contribution in [0.25, 0.3) is 12.2 Å². The zero-order valence-electron chi connectivity index (χ0n) is 10.5. The summed E-state index contributed by atoms with van der Waals surface area (Å²) in [7, 11) is 0. The average molecular weight is 254 g/mol. The highest BCUT2D eigenvalue weighted by Crippen LogP contribution is 2.25.